The van der Waals surface area contributed by atoms with E-state index in [1.54, 1.807) is 6.20 Å². The molecule has 8 nitrogen and oxygen atoms in total. The third-order valence-electron chi connectivity index (χ3n) is 7.62. The highest BCUT2D eigenvalue weighted by Crippen LogP contribution is 2.30. The Kier molecular flexibility index (Phi) is 6.31. The average molecular weight is 509 g/mol. The molecule has 6 rings (SSSR count). The zero-order chi connectivity index (χ0) is 26.2. The number of rotatable bonds is 5. The second-order valence-electron chi connectivity index (χ2n) is 10.3. The van der Waals surface area contributed by atoms with Crippen LogP contribution >= 0.6 is 0 Å². The SMILES string of the molecule is CC(C)n1cc(C(=O)C2=CC(N3CCC(n4c(=O)[nH]c5ncccc54)CC3)=CCCC=N2)c2ccccc21. The maximum Gasteiger partial charge on any atom is 0.327 e. The molecule has 0 saturated carbocycles. The van der Waals surface area contributed by atoms with E-state index < -0.39 is 0 Å². The van der Waals surface area contributed by atoms with Gasteiger partial charge in [-0.25, -0.2) is 9.78 Å². The number of nitrogens with zero attached hydrogens (tertiary/aromatic N) is 5. The van der Waals surface area contributed by atoms with Gasteiger partial charge >= 0.3 is 5.69 Å². The number of allylic oxidation sites excluding steroid dienone is 3. The highest BCUT2D eigenvalue weighted by Gasteiger charge is 2.26. The Morgan fingerprint density at radius 3 is 2.66 bits per heavy atom. The minimum absolute atomic E-state index is 0.0580. The van der Waals surface area contributed by atoms with Crippen molar-refractivity contribution in [3.63, 3.8) is 0 Å². The van der Waals surface area contributed by atoms with E-state index in [0.29, 0.717) is 16.9 Å². The van der Waals surface area contributed by atoms with E-state index in [-0.39, 0.29) is 23.6 Å². The van der Waals surface area contributed by atoms with Gasteiger partial charge in [-0.3, -0.25) is 19.3 Å². The summed E-state index contributed by atoms with van der Waals surface area (Å²) in [5, 5.41) is 0.953. The highest BCUT2D eigenvalue weighted by molar-refractivity contribution is 6.16. The lowest BCUT2D eigenvalue weighted by Gasteiger charge is -2.35. The Hall–Kier alpha value is -4.20. The van der Waals surface area contributed by atoms with Crippen molar-refractivity contribution < 1.29 is 4.79 Å². The first-order chi connectivity index (χ1) is 18.5. The number of aromatic nitrogens is 4. The standard InChI is InChI=1S/C30H32N6O2/c1-20(2)35-19-24(23-9-3-4-10-26(23)35)28(37)25-18-22(8-5-6-14-31-25)34-16-12-21(13-17-34)36-27-11-7-15-32-29(27)33-30(36)38/h3-4,7-11,14-15,18-21H,5-6,12-13,16-17H2,1-2H3,(H,32,33,38). The van der Waals surface area contributed by atoms with Crippen molar-refractivity contribution in [1.82, 2.24) is 24.0 Å². The molecule has 38 heavy (non-hydrogen) atoms. The summed E-state index contributed by atoms with van der Waals surface area (Å²) in [6.45, 7) is 5.84. The summed E-state index contributed by atoms with van der Waals surface area (Å²) < 4.78 is 4.01. The molecule has 8 heteroatoms. The van der Waals surface area contributed by atoms with Gasteiger partial charge in [-0.05, 0) is 63.8 Å². The molecular weight excluding hydrogens is 476 g/mol. The van der Waals surface area contributed by atoms with E-state index in [2.05, 4.69) is 50.4 Å². The molecule has 1 fully saturated rings. The Morgan fingerprint density at radius 1 is 1.05 bits per heavy atom. The van der Waals surface area contributed by atoms with Crippen LogP contribution in [0.3, 0.4) is 0 Å². The fourth-order valence-electron chi connectivity index (χ4n) is 5.70. The number of aromatic amines is 1. The summed E-state index contributed by atoms with van der Waals surface area (Å²) in [4.78, 5) is 40.6. The summed E-state index contributed by atoms with van der Waals surface area (Å²) in [6.07, 6.45) is 13.0. The minimum atomic E-state index is -0.106. The number of likely N-dealkylation sites (tertiary alicyclic amines) is 1. The van der Waals surface area contributed by atoms with E-state index in [9.17, 15) is 9.59 Å². The first-order valence-corrected chi connectivity index (χ1v) is 13.4. The van der Waals surface area contributed by atoms with E-state index in [1.807, 2.05) is 53.4 Å². The highest BCUT2D eigenvalue weighted by atomic mass is 16.1. The predicted octanol–water partition coefficient (Wildman–Crippen LogP) is 5.41. The molecule has 0 unspecified atom stereocenters. The number of benzene rings is 1. The van der Waals surface area contributed by atoms with E-state index >= 15 is 0 Å². The zero-order valence-corrected chi connectivity index (χ0v) is 21.8. The van der Waals surface area contributed by atoms with E-state index in [4.69, 9.17) is 0 Å². The number of aliphatic imine (C=N–C) groups is 1. The lowest BCUT2D eigenvalue weighted by molar-refractivity contribution is 0.103. The Labute approximate surface area is 221 Å². The maximum absolute atomic E-state index is 13.8. The number of hydrogen-bond acceptors (Lipinski definition) is 5. The van der Waals surface area contributed by atoms with Crippen molar-refractivity contribution in [3.05, 3.63) is 88.4 Å². The first-order valence-electron chi connectivity index (χ1n) is 13.4. The van der Waals surface area contributed by atoms with Gasteiger partial charge in [0, 0.05) is 65.9 Å². The summed E-state index contributed by atoms with van der Waals surface area (Å²) in [7, 11) is 0. The van der Waals surface area contributed by atoms with Crippen molar-refractivity contribution in [2.24, 2.45) is 4.99 Å². The number of piperidine rings is 1. The number of pyridine rings is 1. The van der Waals surface area contributed by atoms with Gasteiger partial charge in [0.2, 0.25) is 5.78 Å². The quantitative estimate of drug-likeness (QED) is 0.365. The summed E-state index contributed by atoms with van der Waals surface area (Å²) >= 11 is 0. The molecule has 0 spiro atoms. The van der Waals surface area contributed by atoms with Crippen LogP contribution in [-0.2, 0) is 0 Å². The topological polar surface area (TPSA) is 88.3 Å². The molecule has 194 valence electrons. The lowest BCUT2D eigenvalue weighted by Crippen LogP contribution is -2.36. The Morgan fingerprint density at radius 2 is 1.84 bits per heavy atom. The first kappa shape index (κ1) is 24.2. The van der Waals surface area contributed by atoms with Crippen molar-refractivity contribution in [1.29, 1.82) is 0 Å². The van der Waals surface area contributed by atoms with Crippen molar-refractivity contribution >= 4 is 34.1 Å². The maximum atomic E-state index is 13.8. The largest absolute Gasteiger partial charge is 0.372 e. The smallest absolute Gasteiger partial charge is 0.327 e. The molecule has 0 atom stereocenters. The number of para-hydroxylation sites is 1. The van der Waals surface area contributed by atoms with Gasteiger partial charge in [0.25, 0.3) is 0 Å². The van der Waals surface area contributed by atoms with Crippen LogP contribution in [0.4, 0.5) is 0 Å². The molecule has 4 aromatic rings. The molecular formula is C30H32N6O2. The molecule has 3 aromatic heterocycles. The van der Waals surface area contributed by atoms with Crippen LogP contribution in [-0.4, -0.2) is 49.1 Å². The third-order valence-corrected chi connectivity index (χ3v) is 7.62. The van der Waals surface area contributed by atoms with Gasteiger partial charge in [-0.2, -0.15) is 0 Å². The van der Waals surface area contributed by atoms with Gasteiger partial charge in [0.15, 0.2) is 5.65 Å². The number of ketones is 1. The van der Waals surface area contributed by atoms with Crippen molar-refractivity contribution in [3.8, 4) is 0 Å². The number of H-pyrrole nitrogens is 1. The molecule has 1 N–H and O–H groups in total. The number of Topliss-reactive ketones (excluding diaryl/α,β-unsaturated/α-hetero) is 1. The molecule has 0 aliphatic carbocycles. The van der Waals surface area contributed by atoms with Crippen LogP contribution in [0.25, 0.3) is 22.1 Å². The van der Waals surface area contributed by atoms with Crippen LogP contribution in [0.1, 0.15) is 62.0 Å². The number of hydrogen-bond donors (Lipinski definition) is 1. The average Bonchev–Trinajstić information content (AvgIpc) is 3.46. The third kappa shape index (κ3) is 4.30. The molecule has 2 aliphatic rings. The number of carbonyl (C=O) groups is 1. The number of fused-ring (bicyclic) bond motifs is 2. The number of carbonyl (C=O) groups excluding carboxylic acids is 1. The van der Waals surface area contributed by atoms with Gasteiger partial charge in [-0.15, -0.1) is 0 Å². The Balaban J connectivity index is 1.27. The normalized spacial score (nSPS) is 17.1. The fraction of sp³-hybridized carbons (Fsp3) is 0.333. The summed E-state index contributed by atoms with van der Waals surface area (Å²) in [6, 6.07) is 12.2. The van der Waals surface area contributed by atoms with Crippen LogP contribution in [0.15, 0.2) is 82.1 Å². The molecule has 1 saturated heterocycles. The zero-order valence-electron chi connectivity index (χ0n) is 21.8. The van der Waals surface area contributed by atoms with Gasteiger partial charge < -0.3 is 9.47 Å². The van der Waals surface area contributed by atoms with Crippen molar-refractivity contribution in [2.75, 3.05) is 13.1 Å². The molecule has 1 aromatic carbocycles. The van der Waals surface area contributed by atoms with Crippen molar-refractivity contribution in [2.45, 2.75) is 51.6 Å². The predicted molar refractivity (Wildman–Crippen MR) is 151 cm³/mol. The van der Waals surface area contributed by atoms with E-state index in [1.165, 1.54) is 0 Å². The monoisotopic (exact) mass is 508 g/mol. The molecule has 0 amide bonds. The Bertz CT molecular complexity index is 1660. The molecule has 2 aliphatic heterocycles. The van der Waals surface area contributed by atoms with Crippen LogP contribution in [0.5, 0.6) is 0 Å². The summed E-state index contributed by atoms with van der Waals surface area (Å²) in [5.41, 5.74) is 4.61. The fourth-order valence-corrected chi connectivity index (χ4v) is 5.70. The molecule has 0 radical (unpaired) electrons. The van der Waals surface area contributed by atoms with Crippen LogP contribution in [0.2, 0.25) is 0 Å². The second kappa shape index (κ2) is 9.93. The second-order valence-corrected chi connectivity index (χ2v) is 10.3. The number of nitrogens with one attached hydrogen (secondary N) is 1. The minimum Gasteiger partial charge on any atom is -0.372 e. The number of imidazole rings is 1. The van der Waals surface area contributed by atoms with Gasteiger partial charge in [-0.1, -0.05) is 24.3 Å². The lowest BCUT2D eigenvalue weighted by atomic mass is 10.0. The molecule has 0 bridgehead atoms. The van der Waals surface area contributed by atoms with Gasteiger partial charge in [0.05, 0.1) is 5.52 Å². The summed E-state index contributed by atoms with van der Waals surface area (Å²) in [5.74, 6) is -0.0580. The van der Waals surface area contributed by atoms with Gasteiger partial charge in [0.1, 0.15) is 5.70 Å². The van der Waals surface area contributed by atoms with E-state index in [0.717, 1.165) is 60.9 Å². The molecule has 5 heterocycles. The van der Waals surface area contributed by atoms with Crippen LogP contribution in [0, 0.1) is 0 Å². The van der Waals surface area contributed by atoms with Crippen LogP contribution < -0.4 is 5.69 Å².